The monoisotopic (exact) mass is 164 g/mol. The van der Waals surface area contributed by atoms with Crippen LogP contribution in [-0.2, 0) is 12.8 Å². The fourth-order valence-electron chi connectivity index (χ4n) is 1.10. The molecular weight excluding hydrogens is 148 g/mol. The van der Waals surface area contributed by atoms with Gasteiger partial charge in [0.15, 0.2) is 0 Å². The molecule has 0 saturated carbocycles. The van der Waals surface area contributed by atoms with Crippen molar-refractivity contribution >= 4 is 0 Å². The highest BCUT2D eigenvalue weighted by Gasteiger charge is 1.93. The second-order valence-electron chi connectivity index (χ2n) is 2.90. The molecule has 2 nitrogen and oxygen atoms in total. The zero-order valence-corrected chi connectivity index (χ0v) is 7.59. The molecule has 0 aromatic carbocycles. The molecule has 2 heteroatoms. The van der Waals surface area contributed by atoms with Gasteiger partial charge < -0.3 is 5.73 Å². The van der Waals surface area contributed by atoms with E-state index < -0.39 is 0 Å². The van der Waals surface area contributed by atoms with Crippen LogP contribution in [-0.4, -0.2) is 11.5 Å². The number of hydrogen-bond donors (Lipinski definition) is 1. The SMILES string of the molecule is CCc1ccc(CCCN)nc1. The third-order valence-corrected chi connectivity index (χ3v) is 1.93. The molecule has 0 amide bonds. The van der Waals surface area contributed by atoms with Gasteiger partial charge in [0.2, 0.25) is 0 Å². The average Bonchev–Trinajstić information content (AvgIpc) is 2.15. The van der Waals surface area contributed by atoms with E-state index in [1.165, 1.54) is 5.56 Å². The molecule has 1 rings (SSSR count). The van der Waals surface area contributed by atoms with Gasteiger partial charge in [-0.15, -0.1) is 0 Å². The number of pyridine rings is 1. The van der Waals surface area contributed by atoms with Gasteiger partial charge in [-0.3, -0.25) is 4.98 Å². The Morgan fingerprint density at radius 1 is 1.42 bits per heavy atom. The molecule has 0 atom stereocenters. The number of nitrogens with two attached hydrogens (primary N) is 1. The van der Waals surface area contributed by atoms with Gasteiger partial charge >= 0.3 is 0 Å². The van der Waals surface area contributed by atoms with Crippen LogP contribution in [0.2, 0.25) is 0 Å². The predicted molar refractivity (Wildman–Crippen MR) is 51.0 cm³/mol. The highest BCUT2D eigenvalue weighted by molar-refractivity contribution is 5.13. The number of hydrogen-bond acceptors (Lipinski definition) is 2. The number of nitrogens with zero attached hydrogens (tertiary/aromatic N) is 1. The van der Waals surface area contributed by atoms with Crippen molar-refractivity contribution in [1.82, 2.24) is 4.98 Å². The first-order valence-electron chi connectivity index (χ1n) is 4.50. The molecule has 0 aliphatic heterocycles. The number of aromatic nitrogens is 1. The standard InChI is InChI=1S/C10H16N2/c1-2-9-5-6-10(12-8-9)4-3-7-11/h5-6,8H,2-4,7,11H2,1H3. The van der Waals surface area contributed by atoms with Crippen LogP contribution in [0.15, 0.2) is 18.3 Å². The zero-order valence-electron chi connectivity index (χ0n) is 7.59. The Morgan fingerprint density at radius 3 is 2.75 bits per heavy atom. The zero-order chi connectivity index (χ0) is 8.81. The first-order valence-corrected chi connectivity index (χ1v) is 4.50. The van der Waals surface area contributed by atoms with Gasteiger partial charge in [0.1, 0.15) is 0 Å². The Labute approximate surface area is 73.8 Å². The maximum Gasteiger partial charge on any atom is 0.0404 e. The maximum absolute atomic E-state index is 5.40. The summed E-state index contributed by atoms with van der Waals surface area (Å²) in [6, 6.07) is 4.23. The van der Waals surface area contributed by atoms with Crippen molar-refractivity contribution in [2.45, 2.75) is 26.2 Å². The van der Waals surface area contributed by atoms with Crippen LogP contribution in [0.25, 0.3) is 0 Å². The average molecular weight is 164 g/mol. The van der Waals surface area contributed by atoms with E-state index >= 15 is 0 Å². The van der Waals surface area contributed by atoms with Crippen LogP contribution in [0.3, 0.4) is 0 Å². The second kappa shape index (κ2) is 4.88. The van der Waals surface area contributed by atoms with Gasteiger partial charge in [-0.05, 0) is 37.4 Å². The molecule has 1 aromatic heterocycles. The minimum absolute atomic E-state index is 0.747. The second-order valence-corrected chi connectivity index (χ2v) is 2.90. The first kappa shape index (κ1) is 9.20. The van der Waals surface area contributed by atoms with E-state index in [2.05, 4.69) is 24.0 Å². The Balaban J connectivity index is 2.53. The molecule has 0 saturated heterocycles. The third-order valence-electron chi connectivity index (χ3n) is 1.93. The van der Waals surface area contributed by atoms with Crippen LogP contribution in [0.4, 0.5) is 0 Å². The summed E-state index contributed by atoms with van der Waals surface area (Å²) >= 11 is 0. The molecule has 0 aliphatic rings. The largest absolute Gasteiger partial charge is 0.330 e. The quantitative estimate of drug-likeness (QED) is 0.733. The summed E-state index contributed by atoms with van der Waals surface area (Å²) in [4.78, 5) is 4.33. The van der Waals surface area contributed by atoms with Crippen molar-refractivity contribution in [3.8, 4) is 0 Å². The maximum atomic E-state index is 5.40. The van der Waals surface area contributed by atoms with Crippen LogP contribution < -0.4 is 5.73 Å². The van der Waals surface area contributed by atoms with E-state index in [0.717, 1.165) is 31.5 Å². The van der Waals surface area contributed by atoms with Gasteiger partial charge in [0.25, 0.3) is 0 Å². The summed E-state index contributed by atoms with van der Waals surface area (Å²) in [6.45, 7) is 2.88. The van der Waals surface area contributed by atoms with Crippen molar-refractivity contribution in [1.29, 1.82) is 0 Å². The molecule has 66 valence electrons. The lowest BCUT2D eigenvalue weighted by Crippen LogP contribution is -2.01. The molecule has 12 heavy (non-hydrogen) atoms. The van der Waals surface area contributed by atoms with Crippen LogP contribution in [0.1, 0.15) is 24.6 Å². The molecule has 0 aliphatic carbocycles. The van der Waals surface area contributed by atoms with Gasteiger partial charge in [-0.25, -0.2) is 0 Å². The van der Waals surface area contributed by atoms with Gasteiger partial charge in [0.05, 0.1) is 0 Å². The summed E-state index contributed by atoms with van der Waals surface area (Å²) in [7, 11) is 0. The van der Waals surface area contributed by atoms with E-state index in [-0.39, 0.29) is 0 Å². The number of rotatable bonds is 4. The van der Waals surface area contributed by atoms with Crippen molar-refractivity contribution < 1.29 is 0 Å². The molecule has 0 bridgehead atoms. The summed E-state index contributed by atoms with van der Waals surface area (Å²) < 4.78 is 0. The minimum Gasteiger partial charge on any atom is -0.330 e. The molecular formula is C10H16N2. The topological polar surface area (TPSA) is 38.9 Å². The van der Waals surface area contributed by atoms with E-state index in [9.17, 15) is 0 Å². The van der Waals surface area contributed by atoms with Crippen molar-refractivity contribution in [3.63, 3.8) is 0 Å². The lowest BCUT2D eigenvalue weighted by molar-refractivity contribution is 0.808. The summed E-state index contributed by atoms with van der Waals surface area (Å²) in [5.74, 6) is 0. The molecule has 1 aromatic rings. The summed E-state index contributed by atoms with van der Waals surface area (Å²) in [5, 5.41) is 0. The normalized spacial score (nSPS) is 10.2. The fourth-order valence-corrected chi connectivity index (χ4v) is 1.10. The van der Waals surface area contributed by atoms with Crippen molar-refractivity contribution in [2.24, 2.45) is 5.73 Å². The minimum atomic E-state index is 0.747. The van der Waals surface area contributed by atoms with Crippen LogP contribution in [0, 0.1) is 0 Å². The lowest BCUT2D eigenvalue weighted by atomic mass is 10.1. The Morgan fingerprint density at radius 2 is 2.25 bits per heavy atom. The van der Waals surface area contributed by atoms with E-state index in [0.29, 0.717) is 0 Å². The van der Waals surface area contributed by atoms with E-state index in [1.807, 2.05) is 6.20 Å². The summed E-state index contributed by atoms with van der Waals surface area (Å²) in [5.41, 5.74) is 7.85. The molecule has 2 N–H and O–H groups in total. The molecule has 0 fully saturated rings. The van der Waals surface area contributed by atoms with Crippen LogP contribution in [0.5, 0.6) is 0 Å². The fraction of sp³-hybridized carbons (Fsp3) is 0.500. The molecule has 1 heterocycles. The molecule has 0 spiro atoms. The molecule has 0 radical (unpaired) electrons. The van der Waals surface area contributed by atoms with Crippen molar-refractivity contribution in [3.05, 3.63) is 29.6 Å². The van der Waals surface area contributed by atoms with Gasteiger partial charge in [0, 0.05) is 11.9 Å². The van der Waals surface area contributed by atoms with Crippen molar-refractivity contribution in [2.75, 3.05) is 6.54 Å². The summed E-state index contributed by atoms with van der Waals surface area (Å²) in [6.07, 6.45) is 5.04. The lowest BCUT2D eigenvalue weighted by Gasteiger charge is -1.99. The van der Waals surface area contributed by atoms with E-state index in [1.54, 1.807) is 0 Å². The Kier molecular flexibility index (Phi) is 3.74. The smallest absolute Gasteiger partial charge is 0.0404 e. The Hall–Kier alpha value is -0.890. The predicted octanol–water partition coefficient (Wildman–Crippen LogP) is 1.54. The van der Waals surface area contributed by atoms with Gasteiger partial charge in [-0.2, -0.15) is 0 Å². The van der Waals surface area contributed by atoms with E-state index in [4.69, 9.17) is 5.73 Å². The Bertz CT molecular complexity index is 216. The number of aryl methyl sites for hydroxylation is 2. The highest BCUT2D eigenvalue weighted by Crippen LogP contribution is 2.02. The van der Waals surface area contributed by atoms with Gasteiger partial charge in [-0.1, -0.05) is 13.0 Å². The first-order chi connectivity index (χ1) is 5.86. The van der Waals surface area contributed by atoms with Crippen LogP contribution >= 0.6 is 0 Å². The third kappa shape index (κ3) is 2.62. The molecule has 0 unspecified atom stereocenters. The highest BCUT2D eigenvalue weighted by atomic mass is 14.7.